The first-order valence-corrected chi connectivity index (χ1v) is 6.34. The molecule has 0 saturated carbocycles. The van der Waals surface area contributed by atoms with Crippen LogP contribution in [0.2, 0.25) is 0 Å². The molecule has 0 heterocycles. The number of rotatable bonds is 7. The molecule has 17 heavy (non-hydrogen) atoms. The zero-order chi connectivity index (χ0) is 12.7. The number of aliphatic hydroxyl groups is 3. The molecule has 0 aliphatic rings. The molecule has 0 aliphatic carbocycles. The lowest BCUT2D eigenvalue weighted by molar-refractivity contribution is 0.0874. The molecule has 0 aromatic heterocycles. The second kappa shape index (κ2) is 7.79. The van der Waals surface area contributed by atoms with Gasteiger partial charge in [0.2, 0.25) is 0 Å². The Hall–Kier alpha value is -0.460. The fourth-order valence-corrected chi connectivity index (χ4v) is 1.88. The summed E-state index contributed by atoms with van der Waals surface area (Å²) in [7, 11) is 0. The van der Waals surface area contributed by atoms with Crippen molar-refractivity contribution in [1.82, 2.24) is 4.90 Å². The number of halogens is 1. The van der Waals surface area contributed by atoms with E-state index in [-0.39, 0.29) is 13.2 Å². The standard InChI is InChI=1S/C12H18BrNO3/c13-11-3-1-10(2-4-11)12(17)9-14(5-7-15)6-8-16/h1-4,12,15-17H,5-9H2. The second-order valence-electron chi connectivity index (χ2n) is 3.82. The highest BCUT2D eigenvalue weighted by molar-refractivity contribution is 9.10. The molecule has 1 rings (SSSR count). The number of nitrogens with zero attached hydrogens (tertiary/aromatic N) is 1. The summed E-state index contributed by atoms with van der Waals surface area (Å²) in [6.45, 7) is 1.35. The van der Waals surface area contributed by atoms with Crippen LogP contribution in [0.5, 0.6) is 0 Å². The summed E-state index contributed by atoms with van der Waals surface area (Å²) in [5.41, 5.74) is 0.828. The predicted molar refractivity (Wildman–Crippen MR) is 69.7 cm³/mol. The third-order valence-electron chi connectivity index (χ3n) is 2.52. The number of aliphatic hydroxyl groups excluding tert-OH is 3. The van der Waals surface area contributed by atoms with Gasteiger partial charge in [0.15, 0.2) is 0 Å². The van der Waals surface area contributed by atoms with Crippen molar-refractivity contribution in [2.45, 2.75) is 6.10 Å². The number of hydrogen-bond acceptors (Lipinski definition) is 4. The Labute approximate surface area is 110 Å². The topological polar surface area (TPSA) is 63.9 Å². The van der Waals surface area contributed by atoms with Gasteiger partial charge in [-0.2, -0.15) is 0 Å². The molecule has 3 N–H and O–H groups in total. The minimum atomic E-state index is -0.610. The summed E-state index contributed by atoms with van der Waals surface area (Å²) in [6.07, 6.45) is -0.610. The van der Waals surface area contributed by atoms with E-state index in [2.05, 4.69) is 15.9 Å². The molecule has 0 amide bonds. The highest BCUT2D eigenvalue weighted by Gasteiger charge is 2.12. The van der Waals surface area contributed by atoms with E-state index in [0.717, 1.165) is 10.0 Å². The molecule has 1 aromatic carbocycles. The van der Waals surface area contributed by atoms with Crippen LogP contribution < -0.4 is 0 Å². The van der Waals surface area contributed by atoms with E-state index in [0.29, 0.717) is 19.6 Å². The maximum Gasteiger partial charge on any atom is 0.0916 e. The summed E-state index contributed by atoms with van der Waals surface area (Å²) in [5, 5.41) is 27.8. The Kier molecular flexibility index (Phi) is 6.69. The molecule has 0 radical (unpaired) electrons. The van der Waals surface area contributed by atoms with Crippen molar-refractivity contribution in [2.75, 3.05) is 32.8 Å². The Bertz CT molecular complexity index is 312. The summed E-state index contributed by atoms with van der Waals surface area (Å²) < 4.78 is 0.969. The van der Waals surface area contributed by atoms with E-state index < -0.39 is 6.10 Å². The van der Waals surface area contributed by atoms with Crippen LogP contribution in [0.3, 0.4) is 0 Å². The van der Waals surface area contributed by atoms with Gasteiger partial charge in [-0.25, -0.2) is 0 Å². The lowest BCUT2D eigenvalue weighted by Gasteiger charge is -2.23. The van der Waals surface area contributed by atoms with Crippen LogP contribution in [0, 0.1) is 0 Å². The van der Waals surface area contributed by atoms with Crippen molar-refractivity contribution < 1.29 is 15.3 Å². The Morgan fingerprint density at radius 1 is 1.06 bits per heavy atom. The van der Waals surface area contributed by atoms with Crippen LogP contribution in [-0.2, 0) is 0 Å². The molecule has 0 aliphatic heterocycles. The van der Waals surface area contributed by atoms with Gasteiger partial charge in [0.25, 0.3) is 0 Å². The molecule has 1 unspecified atom stereocenters. The largest absolute Gasteiger partial charge is 0.395 e. The average molecular weight is 304 g/mol. The molecular weight excluding hydrogens is 286 g/mol. The molecule has 0 bridgehead atoms. The molecule has 0 fully saturated rings. The monoisotopic (exact) mass is 303 g/mol. The van der Waals surface area contributed by atoms with Gasteiger partial charge in [0.05, 0.1) is 19.3 Å². The first kappa shape index (κ1) is 14.6. The van der Waals surface area contributed by atoms with Crippen molar-refractivity contribution in [1.29, 1.82) is 0 Å². The Morgan fingerprint density at radius 2 is 1.59 bits per heavy atom. The Balaban J connectivity index is 2.56. The van der Waals surface area contributed by atoms with E-state index in [1.54, 1.807) is 0 Å². The van der Waals surface area contributed by atoms with Gasteiger partial charge in [-0.1, -0.05) is 28.1 Å². The third kappa shape index (κ3) is 5.14. The van der Waals surface area contributed by atoms with Crippen LogP contribution in [0.1, 0.15) is 11.7 Å². The molecule has 4 nitrogen and oxygen atoms in total. The summed E-state index contributed by atoms with van der Waals surface area (Å²) in [6, 6.07) is 7.46. The molecule has 5 heteroatoms. The zero-order valence-electron chi connectivity index (χ0n) is 9.59. The smallest absolute Gasteiger partial charge is 0.0916 e. The number of hydrogen-bond donors (Lipinski definition) is 3. The predicted octanol–water partition coefficient (Wildman–Crippen LogP) is 0.769. The summed E-state index contributed by atoms with van der Waals surface area (Å²) in [4.78, 5) is 1.83. The fourth-order valence-electron chi connectivity index (χ4n) is 1.61. The first-order chi connectivity index (χ1) is 8.17. The molecule has 0 spiro atoms. The van der Waals surface area contributed by atoms with E-state index in [1.165, 1.54) is 0 Å². The van der Waals surface area contributed by atoms with E-state index >= 15 is 0 Å². The van der Waals surface area contributed by atoms with Gasteiger partial charge >= 0.3 is 0 Å². The van der Waals surface area contributed by atoms with E-state index in [4.69, 9.17) is 10.2 Å². The van der Waals surface area contributed by atoms with Crippen LogP contribution in [0.25, 0.3) is 0 Å². The lowest BCUT2D eigenvalue weighted by Crippen LogP contribution is -2.33. The van der Waals surface area contributed by atoms with Crippen LogP contribution in [-0.4, -0.2) is 53.1 Å². The summed E-state index contributed by atoms with van der Waals surface area (Å²) in [5.74, 6) is 0. The van der Waals surface area contributed by atoms with Gasteiger partial charge in [0, 0.05) is 24.1 Å². The maximum absolute atomic E-state index is 10.0. The molecule has 1 aromatic rings. The minimum Gasteiger partial charge on any atom is -0.395 e. The Morgan fingerprint density at radius 3 is 2.06 bits per heavy atom. The highest BCUT2D eigenvalue weighted by Crippen LogP contribution is 2.17. The van der Waals surface area contributed by atoms with Crippen LogP contribution >= 0.6 is 15.9 Å². The van der Waals surface area contributed by atoms with Gasteiger partial charge in [-0.3, -0.25) is 4.90 Å². The number of benzene rings is 1. The molecular formula is C12H18BrNO3. The highest BCUT2D eigenvalue weighted by atomic mass is 79.9. The third-order valence-corrected chi connectivity index (χ3v) is 3.05. The van der Waals surface area contributed by atoms with Crippen molar-refractivity contribution >= 4 is 15.9 Å². The lowest BCUT2D eigenvalue weighted by atomic mass is 10.1. The van der Waals surface area contributed by atoms with Gasteiger partial charge in [-0.15, -0.1) is 0 Å². The normalized spacial score (nSPS) is 13.0. The van der Waals surface area contributed by atoms with E-state index in [9.17, 15) is 5.11 Å². The van der Waals surface area contributed by atoms with Crippen molar-refractivity contribution in [3.63, 3.8) is 0 Å². The minimum absolute atomic E-state index is 0.0209. The van der Waals surface area contributed by atoms with Crippen molar-refractivity contribution in [3.8, 4) is 0 Å². The first-order valence-electron chi connectivity index (χ1n) is 5.55. The molecule has 0 saturated heterocycles. The quantitative estimate of drug-likeness (QED) is 0.696. The molecule has 1 atom stereocenters. The van der Waals surface area contributed by atoms with Gasteiger partial charge in [-0.05, 0) is 17.7 Å². The fraction of sp³-hybridized carbons (Fsp3) is 0.500. The van der Waals surface area contributed by atoms with Crippen molar-refractivity contribution in [3.05, 3.63) is 34.3 Å². The van der Waals surface area contributed by atoms with Crippen molar-refractivity contribution in [2.24, 2.45) is 0 Å². The second-order valence-corrected chi connectivity index (χ2v) is 4.73. The zero-order valence-corrected chi connectivity index (χ0v) is 11.2. The van der Waals surface area contributed by atoms with Gasteiger partial charge < -0.3 is 15.3 Å². The SMILES string of the molecule is OCCN(CCO)CC(O)c1ccc(Br)cc1. The van der Waals surface area contributed by atoms with Gasteiger partial charge in [0.1, 0.15) is 0 Å². The van der Waals surface area contributed by atoms with Crippen LogP contribution in [0.15, 0.2) is 28.7 Å². The molecule has 96 valence electrons. The van der Waals surface area contributed by atoms with Crippen LogP contribution in [0.4, 0.5) is 0 Å². The maximum atomic E-state index is 10.0. The average Bonchev–Trinajstić information content (AvgIpc) is 2.30. The van der Waals surface area contributed by atoms with E-state index in [1.807, 2.05) is 29.2 Å². The summed E-state index contributed by atoms with van der Waals surface area (Å²) >= 11 is 3.34.